The molecule has 0 aliphatic rings. The Bertz CT molecular complexity index is 639. The summed E-state index contributed by atoms with van der Waals surface area (Å²) in [5.74, 6) is 0.0162. The molecule has 0 aromatic carbocycles. The highest BCUT2D eigenvalue weighted by molar-refractivity contribution is 5.69. The van der Waals surface area contributed by atoms with Crippen molar-refractivity contribution in [1.29, 1.82) is 0 Å². The van der Waals surface area contributed by atoms with Crippen LogP contribution in [0.4, 0.5) is 0 Å². The van der Waals surface area contributed by atoms with Crippen LogP contribution in [0, 0.1) is 0 Å². The number of hydrogen-bond donors (Lipinski definition) is 1. The zero-order chi connectivity index (χ0) is 34.5. The van der Waals surface area contributed by atoms with Crippen molar-refractivity contribution in [3.63, 3.8) is 0 Å². The smallest absolute Gasteiger partial charge is 0.306 e. The Morgan fingerprint density at radius 1 is 0.447 bits per heavy atom. The minimum atomic E-state index is -0.0168. The lowest BCUT2D eigenvalue weighted by atomic mass is 10.0. The first kappa shape index (κ1) is 45.9. The molecular weight excluding hydrogens is 582 g/mol. The van der Waals surface area contributed by atoms with Crippen LogP contribution in [0.1, 0.15) is 233 Å². The molecule has 280 valence electrons. The zero-order valence-corrected chi connectivity index (χ0v) is 32.3. The summed E-state index contributed by atoms with van der Waals surface area (Å²) < 4.78 is 11.4. The van der Waals surface area contributed by atoms with E-state index in [4.69, 9.17) is 9.47 Å². The molecule has 1 N–H and O–H groups in total. The molecule has 47 heavy (non-hydrogen) atoms. The molecule has 0 saturated heterocycles. The van der Waals surface area contributed by atoms with Gasteiger partial charge in [0.25, 0.3) is 0 Å². The maximum Gasteiger partial charge on any atom is 0.306 e. The maximum absolute atomic E-state index is 12.7. The third kappa shape index (κ3) is 34.6. The standard InChI is InChI=1S/C42H83NO4/c1-5-9-12-15-18-25-33-40(34-26-19-16-13-10-6-2)47-42(45)36-27-20-17-21-29-37-43-39(31-8-4)32-24-23-28-35-41(44)46-38-30-22-14-11-7-3/h39-40,43H,5-38H2,1-4H3. The molecule has 0 saturated carbocycles. The molecule has 0 radical (unpaired) electrons. The van der Waals surface area contributed by atoms with Crippen molar-refractivity contribution in [2.24, 2.45) is 0 Å². The molecule has 0 bridgehead atoms. The molecule has 0 aliphatic carbocycles. The fourth-order valence-corrected chi connectivity index (χ4v) is 6.54. The SMILES string of the molecule is CCCCCCCCC(CCCCCCCC)OC(=O)CCCCCCCNC(CCC)CCCCCC(=O)OCCCCCCC. The Morgan fingerprint density at radius 3 is 1.47 bits per heavy atom. The monoisotopic (exact) mass is 666 g/mol. The van der Waals surface area contributed by atoms with Crippen molar-refractivity contribution in [2.75, 3.05) is 13.2 Å². The van der Waals surface area contributed by atoms with E-state index in [2.05, 4.69) is 33.0 Å². The molecule has 0 fully saturated rings. The highest BCUT2D eigenvalue weighted by Crippen LogP contribution is 2.18. The molecule has 1 atom stereocenters. The van der Waals surface area contributed by atoms with Crippen LogP contribution in [0.25, 0.3) is 0 Å². The average Bonchev–Trinajstić information content (AvgIpc) is 3.06. The van der Waals surface area contributed by atoms with Gasteiger partial charge in [0.2, 0.25) is 0 Å². The highest BCUT2D eigenvalue weighted by atomic mass is 16.5. The number of esters is 2. The second-order valence-electron chi connectivity index (χ2n) is 14.4. The van der Waals surface area contributed by atoms with E-state index >= 15 is 0 Å². The van der Waals surface area contributed by atoms with Crippen LogP contribution < -0.4 is 5.32 Å². The zero-order valence-electron chi connectivity index (χ0n) is 32.3. The predicted molar refractivity (Wildman–Crippen MR) is 203 cm³/mol. The Balaban J connectivity index is 3.98. The molecule has 0 rings (SSSR count). The number of nitrogens with one attached hydrogen (secondary N) is 1. The van der Waals surface area contributed by atoms with E-state index in [9.17, 15) is 9.59 Å². The third-order valence-corrected chi connectivity index (χ3v) is 9.63. The fraction of sp³-hybridized carbons (Fsp3) is 0.952. The van der Waals surface area contributed by atoms with Crippen LogP contribution in [0.3, 0.4) is 0 Å². The van der Waals surface area contributed by atoms with E-state index in [0.717, 1.165) is 51.5 Å². The second-order valence-corrected chi connectivity index (χ2v) is 14.4. The maximum atomic E-state index is 12.7. The summed E-state index contributed by atoms with van der Waals surface area (Å²) in [6.07, 6.45) is 37.4. The van der Waals surface area contributed by atoms with Crippen LogP contribution in [-0.4, -0.2) is 37.2 Å². The number of carbonyl (C=O) groups is 2. The van der Waals surface area contributed by atoms with E-state index in [0.29, 0.717) is 25.5 Å². The van der Waals surface area contributed by atoms with Crippen molar-refractivity contribution >= 4 is 11.9 Å². The van der Waals surface area contributed by atoms with Gasteiger partial charge in [-0.05, 0) is 70.8 Å². The lowest BCUT2D eigenvalue weighted by molar-refractivity contribution is -0.150. The third-order valence-electron chi connectivity index (χ3n) is 9.63. The van der Waals surface area contributed by atoms with Crippen molar-refractivity contribution in [1.82, 2.24) is 5.32 Å². The molecule has 0 amide bonds. The van der Waals surface area contributed by atoms with Crippen LogP contribution >= 0.6 is 0 Å². The Hall–Kier alpha value is -1.10. The molecule has 5 nitrogen and oxygen atoms in total. The van der Waals surface area contributed by atoms with Crippen molar-refractivity contribution in [2.45, 2.75) is 245 Å². The number of rotatable bonds is 38. The second kappa shape index (κ2) is 37.7. The van der Waals surface area contributed by atoms with Gasteiger partial charge < -0.3 is 14.8 Å². The predicted octanol–water partition coefficient (Wildman–Crippen LogP) is 13.0. The normalized spacial score (nSPS) is 12.1. The fourth-order valence-electron chi connectivity index (χ4n) is 6.54. The van der Waals surface area contributed by atoms with Crippen molar-refractivity contribution in [3.8, 4) is 0 Å². The Labute approximate surface area is 294 Å². The molecule has 0 aliphatic heterocycles. The summed E-state index contributed by atoms with van der Waals surface area (Å²) in [7, 11) is 0. The van der Waals surface area contributed by atoms with E-state index < -0.39 is 0 Å². The van der Waals surface area contributed by atoms with Crippen LogP contribution in [-0.2, 0) is 19.1 Å². The van der Waals surface area contributed by atoms with Gasteiger partial charge in [0.05, 0.1) is 6.61 Å². The first-order chi connectivity index (χ1) is 23.1. The molecular formula is C42H83NO4. The molecule has 0 aromatic heterocycles. The summed E-state index contributed by atoms with van der Waals surface area (Å²) >= 11 is 0. The largest absolute Gasteiger partial charge is 0.466 e. The van der Waals surface area contributed by atoms with Gasteiger partial charge in [0.1, 0.15) is 6.10 Å². The van der Waals surface area contributed by atoms with Gasteiger partial charge in [-0.3, -0.25) is 9.59 Å². The van der Waals surface area contributed by atoms with Gasteiger partial charge in [-0.2, -0.15) is 0 Å². The number of ether oxygens (including phenoxy) is 2. The van der Waals surface area contributed by atoms with E-state index in [-0.39, 0.29) is 18.0 Å². The average molecular weight is 666 g/mol. The van der Waals surface area contributed by atoms with Crippen LogP contribution in [0.2, 0.25) is 0 Å². The highest BCUT2D eigenvalue weighted by Gasteiger charge is 2.14. The van der Waals surface area contributed by atoms with Gasteiger partial charge in [-0.25, -0.2) is 0 Å². The van der Waals surface area contributed by atoms with Crippen molar-refractivity contribution < 1.29 is 19.1 Å². The number of unbranched alkanes of at least 4 members (excludes halogenated alkanes) is 20. The van der Waals surface area contributed by atoms with Gasteiger partial charge in [-0.1, -0.05) is 156 Å². The van der Waals surface area contributed by atoms with Gasteiger partial charge in [0, 0.05) is 18.9 Å². The number of carbonyl (C=O) groups excluding carboxylic acids is 2. The summed E-state index contributed by atoms with van der Waals surface area (Å²) in [6, 6.07) is 0.588. The van der Waals surface area contributed by atoms with Crippen LogP contribution in [0.15, 0.2) is 0 Å². The van der Waals surface area contributed by atoms with Gasteiger partial charge in [0.15, 0.2) is 0 Å². The first-order valence-corrected chi connectivity index (χ1v) is 21.2. The lowest BCUT2D eigenvalue weighted by Gasteiger charge is -2.18. The summed E-state index contributed by atoms with van der Waals surface area (Å²) in [6.45, 7) is 10.7. The Morgan fingerprint density at radius 2 is 0.894 bits per heavy atom. The summed E-state index contributed by atoms with van der Waals surface area (Å²) in [4.78, 5) is 24.6. The van der Waals surface area contributed by atoms with Crippen molar-refractivity contribution in [3.05, 3.63) is 0 Å². The van der Waals surface area contributed by atoms with Gasteiger partial charge >= 0.3 is 11.9 Å². The molecule has 0 aromatic rings. The summed E-state index contributed by atoms with van der Waals surface area (Å²) in [5, 5.41) is 3.80. The molecule has 0 heterocycles. The van der Waals surface area contributed by atoms with E-state index in [1.807, 2.05) is 0 Å². The Kier molecular flexibility index (Phi) is 36.8. The molecule has 0 spiro atoms. The molecule has 5 heteroatoms. The van der Waals surface area contributed by atoms with Gasteiger partial charge in [-0.15, -0.1) is 0 Å². The minimum absolute atomic E-state index is 0.0168. The number of hydrogen-bond acceptors (Lipinski definition) is 5. The van der Waals surface area contributed by atoms with Crippen LogP contribution in [0.5, 0.6) is 0 Å². The van der Waals surface area contributed by atoms with E-state index in [1.165, 1.54) is 148 Å². The lowest BCUT2D eigenvalue weighted by Crippen LogP contribution is -2.29. The summed E-state index contributed by atoms with van der Waals surface area (Å²) in [5.41, 5.74) is 0. The first-order valence-electron chi connectivity index (χ1n) is 21.2. The minimum Gasteiger partial charge on any atom is -0.466 e. The quantitative estimate of drug-likeness (QED) is 0.0525. The topological polar surface area (TPSA) is 64.6 Å². The van der Waals surface area contributed by atoms with E-state index in [1.54, 1.807) is 0 Å². The molecule has 1 unspecified atom stereocenters.